The van der Waals surface area contributed by atoms with E-state index in [0.717, 1.165) is 0 Å². The number of carbonyl (C=O) groups excluding carboxylic acids is 1. The largest absolute Gasteiger partial charge is 0.582 e. The van der Waals surface area contributed by atoms with Crippen LogP contribution >= 0.6 is 0 Å². The highest BCUT2D eigenvalue weighted by atomic mass is 17.0. The zero-order valence-electron chi connectivity index (χ0n) is 25.8. The summed E-state index contributed by atoms with van der Waals surface area (Å²) in [5.74, 6) is 0.167. The normalized spacial score (nSPS) is 24.4. The first kappa shape index (κ1) is 41.6. The maximum Gasteiger partial charge on any atom is 0.582 e. The fraction of sp³-hybridized carbons (Fsp3) is 0.923. The summed E-state index contributed by atoms with van der Waals surface area (Å²) in [5.41, 5.74) is 0. The van der Waals surface area contributed by atoms with Crippen molar-refractivity contribution < 1.29 is 110 Å². The lowest BCUT2D eigenvalue weighted by molar-refractivity contribution is -0.866. The molecule has 0 aliphatic carbocycles. The van der Waals surface area contributed by atoms with Crippen molar-refractivity contribution in [2.24, 2.45) is 0 Å². The second-order valence-electron chi connectivity index (χ2n) is 10.5. The van der Waals surface area contributed by atoms with E-state index in [-0.39, 0.29) is 5.78 Å². The van der Waals surface area contributed by atoms with Gasteiger partial charge < -0.3 is 110 Å². The molecule has 6 aliphatic rings. The first-order valence-corrected chi connectivity index (χ1v) is 14.3. The molecular formula is C13H38B10N2O21. The maximum atomic E-state index is 9.44. The average Bonchev–Trinajstić information content (AvgIpc) is 3.55. The first-order chi connectivity index (χ1) is 21.5. The Morgan fingerprint density at radius 2 is 0.609 bits per heavy atom. The van der Waals surface area contributed by atoms with Gasteiger partial charge in [0.1, 0.15) is 5.78 Å². The standard InChI is InChI=1S/2C5H11N.C3H6O.2B5H4O10/c2*1-6-4-2-3-5-6;1-3(2)4;2*6-1-10-2(7)13-5(12-1)14-3(8)11-4(9)15-5/h2*2-5H2,1H3;1-2H3;2*6-9H/q;;;2*-1/p+2. The molecule has 10 N–H and O–H groups in total. The van der Waals surface area contributed by atoms with Crippen LogP contribution < -0.4 is 9.80 Å². The second kappa shape index (κ2) is 20.2. The Morgan fingerprint density at radius 3 is 0.717 bits per heavy atom. The van der Waals surface area contributed by atoms with E-state index in [1.807, 2.05) is 0 Å². The van der Waals surface area contributed by atoms with E-state index in [1.54, 1.807) is 9.80 Å². The maximum absolute atomic E-state index is 9.44. The van der Waals surface area contributed by atoms with E-state index in [1.165, 1.54) is 65.7 Å². The molecule has 0 atom stereocenters. The number of ketones is 1. The molecule has 0 radical (unpaired) electrons. The Hall–Kier alpha value is -0.561. The number of rotatable bonds is 0. The molecular weight excluding hydrogens is 628 g/mol. The van der Waals surface area contributed by atoms with Crippen molar-refractivity contribution in [1.82, 2.24) is 0 Å². The molecule has 6 fully saturated rings. The van der Waals surface area contributed by atoms with Crippen LogP contribution in [0, 0.1) is 0 Å². The number of carbonyl (C=O) groups is 1. The number of likely N-dealkylation sites (tertiary alicyclic amines) is 2. The van der Waals surface area contributed by atoms with Crippen LogP contribution in [0.1, 0.15) is 39.5 Å². The molecule has 0 bridgehead atoms. The molecule has 6 aliphatic heterocycles. The van der Waals surface area contributed by atoms with Gasteiger partial charge in [0.05, 0.1) is 40.3 Å². The van der Waals surface area contributed by atoms with Crippen LogP contribution in [0.15, 0.2) is 0 Å². The summed E-state index contributed by atoms with van der Waals surface area (Å²) < 4.78 is 52.8. The molecule has 33 heteroatoms. The van der Waals surface area contributed by atoms with Crippen LogP contribution in [0.5, 0.6) is 0 Å². The lowest BCUT2D eigenvalue weighted by Gasteiger charge is -2.49. The topological polar surface area (TPSA) is 299 Å². The lowest BCUT2D eigenvalue weighted by Crippen LogP contribution is -3.06. The molecule has 23 nitrogen and oxygen atoms in total. The van der Waals surface area contributed by atoms with Crippen LogP contribution in [-0.4, -0.2) is 159 Å². The zero-order valence-corrected chi connectivity index (χ0v) is 25.8. The predicted molar refractivity (Wildman–Crippen MR) is 156 cm³/mol. The molecule has 6 rings (SSSR count). The highest BCUT2D eigenvalue weighted by Gasteiger charge is 2.54. The average molecular weight is 667 g/mol. The Balaban J connectivity index is 0.000000220. The number of Topliss-reactive ketones (excluding diaryl/α,β-unsaturated/α-hetero) is 1. The van der Waals surface area contributed by atoms with Gasteiger partial charge in [-0.2, -0.15) is 0 Å². The Kier molecular flexibility index (Phi) is 18.3. The van der Waals surface area contributed by atoms with Gasteiger partial charge in [-0.05, 0) is 13.8 Å². The van der Waals surface area contributed by atoms with Gasteiger partial charge in [-0.1, -0.05) is 0 Å². The Labute approximate surface area is 268 Å². The second-order valence-corrected chi connectivity index (χ2v) is 10.5. The number of hydrogen-bond donors (Lipinski definition) is 10. The summed E-state index contributed by atoms with van der Waals surface area (Å²) in [6.07, 6.45) is 5.80. The van der Waals surface area contributed by atoms with E-state index < -0.39 is 72.5 Å². The number of hydrogen-bond acceptors (Lipinski definition) is 21. The van der Waals surface area contributed by atoms with E-state index in [2.05, 4.69) is 69.0 Å². The zero-order chi connectivity index (χ0) is 34.5. The van der Waals surface area contributed by atoms with Gasteiger partial charge in [-0.3, -0.25) is 0 Å². The van der Waals surface area contributed by atoms with Crippen LogP contribution in [0.3, 0.4) is 0 Å². The van der Waals surface area contributed by atoms with Crippen molar-refractivity contribution in [3.63, 3.8) is 0 Å². The van der Waals surface area contributed by atoms with Crippen LogP contribution in [0.25, 0.3) is 0 Å². The van der Waals surface area contributed by atoms with Crippen molar-refractivity contribution >= 4 is 78.3 Å². The molecule has 0 amide bonds. The van der Waals surface area contributed by atoms with Crippen molar-refractivity contribution in [3.05, 3.63) is 0 Å². The van der Waals surface area contributed by atoms with Gasteiger partial charge in [0.15, 0.2) is 0 Å². The quantitative estimate of drug-likeness (QED) is 0.107. The van der Waals surface area contributed by atoms with Gasteiger partial charge in [-0.15, -0.1) is 0 Å². The lowest BCUT2D eigenvalue weighted by atomic mass is 9.84. The van der Waals surface area contributed by atoms with E-state index >= 15 is 0 Å². The first-order valence-electron chi connectivity index (χ1n) is 14.3. The number of nitrogens with one attached hydrogen (secondary N) is 2. The van der Waals surface area contributed by atoms with Crippen molar-refractivity contribution in [2.45, 2.75) is 39.5 Å². The third kappa shape index (κ3) is 16.2. The van der Waals surface area contributed by atoms with Crippen molar-refractivity contribution in [3.8, 4) is 0 Å². The fourth-order valence-corrected chi connectivity index (χ4v) is 4.14. The smallest absolute Gasteiger partial charge is 0.539 e. The van der Waals surface area contributed by atoms with Gasteiger partial charge in [0.25, 0.3) is 0 Å². The number of quaternary nitrogens is 2. The van der Waals surface area contributed by atoms with E-state index in [0.29, 0.717) is 0 Å². The van der Waals surface area contributed by atoms with E-state index in [4.69, 9.17) is 40.2 Å². The molecule has 46 heavy (non-hydrogen) atoms. The summed E-state index contributed by atoms with van der Waals surface area (Å²) in [5, 5.41) is 71.5. The van der Waals surface area contributed by atoms with Crippen LogP contribution in [0.2, 0.25) is 0 Å². The summed E-state index contributed by atoms with van der Waals surface area (Å²) in [4.78, 5) is 12.9. The fourth-order valence-electron chi connectivity index (χ4n) is 4.14. The molecule has 0 aromatic heterocycles. The summed E-state index contributed by atoms with van der Waals surface area (Å²) >= 11 is 0. The SMILES string of the molecule is CC(C)=O.C[NH+]1CCCC1.C[NH+]1CCCC1.OB1OB(O)O[B-]2(O1)OB(O)OB(O)O2.OB1OB(O)O[B-]2(O1)OB(O)OB(O)O2. The van der Waals surface area contributed by atoms with E-state index in [9.17, 15) is 4.79 Å². The molecule has 0 unspecified atom stereocenters. The Bertz CT molecular complexity index is 725. The monoisotopic (exact) mass is 668 g/mol. The van der Waals surface area contributed by atoms with Crippen LogP contribution in [0.4, 0.5) is 0 Å². The minimum absolute atomic E-state index is 0.167. The molecule has 256 valence electrons. The van der Waals surface area contributed by atoms with Crippen molar-refractivity contribution in [2.75, 3.05) is 40.3 Å². The molecule has 0 aromatic rings. The Morgan fingerprint density at radius 1 is 0.457 bits per heavy atom. The molecule has 0 saturated carbocycles. The summed E-state index contributed by atoms with van der Waals surface area (Å²) in [6.45, 7) is 2.25. The van der Waals surface area contributed by atoms with Crippen LogP contribution in [-0.2, 0) is 59.7 Å². The minimum Gasteiger partial charge on any atom is -0.539 e. The molecule has 6 saturated heterocycles. The molecule has 0 aromatic carbocycles. The summed E-state index contributed by atoms with van der Waals surface area (Å²) in [6, 6.07) is 0. The third-order valence-corrected chi connectivity index (χ3v) is 6.11. The molecule has 2 spiro atoms. The third-order valence-electron chi connectivity index (χ3n) is 6.11. The predicted octanol–water partition coefficient (Wildman–Crippen LogP) is -9.90. The summed E-state index contributed by atoms with van der Waals surface area (Å²) in [7, 11) is -10.7. The van der Waals surface area contributed by atoms with Crippen molar-refractivity contribution in [1.29, 1.82) is 0 Å². The van der Waals surface area contributed by atoms with Gasteiger partial charge in [0, 0.05) is 25.7 Å². The highest BCUT2D eigenvalue weighted by molar-refractivity contribution is 6.82. The molecule has 6 heterocycles. The minimum atomic E-state index is -3.21. The van der Waals surface area contributed by atoms with Gasteiger partial charge in [-0.25, -0.2) is 0 Å². The van der Waals surface area contributed by atoms with Gasteiger partial charge in [0.2, 0.25) is 0 Å². The van der Waals surface area contributed by atoms with Gasteiger partial charge >= 0.3 is 72.5 Å². The highest BCUT2D eigenvalue weighted by Crippen LogP contribution is 2.24.